The van der Waals surface area contributed by atoms with Crippen LogP contribution in [0.1, 0.15) is 54.9 Å². The highest BCUT2D eigenvalue weighted by atomic mass is 16.5. The molecule has 0 radical (unpaired) electrons. The molecule has 1 aliphatic carbocycles. The lowest BCUT2D eigenvalue weighted by molar-refractivity contribution is -0.173. The zero-order chi connectivity index (χ0) is 14.8. The molecule has 0 aromatic heterocycles. The van der Waals surface area contributed by atoms with Crippen LogP contribution in [0.3, 0.4) is 0 Å². The van der Waals surface area contributed by atoms with Crippen molar-refractivity contribution in [1.29, 1.82) is 0 Å². The second kappa shape index (κ2) is 14.3. The van der Waals surface area contributed by atoms with E-state index in [1.54, 1.807) is 0 Å². The van der Waals surface area contributed by atoms with Gasteiger partial charge in [0.15, 0.2) is 11.7 Å². The average Bonchev–Trinajstić information content (AvgIpc) is 2.30. The SMILES string of the molecule is C.C.CC.COC(C)C(=O)O.COC1(C(=O)O)CCC1. The summed E-state index contributed by atoms with van der Waals surface area (Å²) in [5.74, 6) is -1.75. The smallest absolute Gasteiger partial charge is 0.335 e. The van der Waals surface area contributed by atoms with Crippen molar-refractivity contribution in [3.8, 4) is 0 Å². The van der Waals surface area contributed by atoms with Crippen LogP contribution in [0.4, 0.5) is 0 Å². The van der Waals surface area contributed by atoms with Gasteiger partial charge in [0, 0.05) is 14.2 Å². The molecule has 0 amide bonds. The fourth-order valence-corrected chi connectivity index (χ4v) is 1.10. The number of hydrogen-bond donors (Lipinski definition) is 2. The van der Waals surface area contributed by atoms with Crippen LogP contribution in [0, 0.1) is 0 Å². The summed E-state index contributed by atoms with van der Waals surface area (Å²) in [4.78, 5) is 20.2. The molecule has 124 valence electrons. The number of aliphatic carboxylic acids is 2. The number of ether oxygens (including phenoxy) is 2. The topological polar surface area (TPSA) is 93.1 Å². The molecule has 0 aliphatic heterocycles. The molecule has 1 fully saturated rings. The monoisotopic (exact) mass is 296 g/mol. The van der Waals surface area contributed by atoms with Crippen LogP contribution in [0.15, 0.2) is 0 Å². The molecule has 6 nitrogen and oxygen atoms in total. The van der Waals surface area contributed by atoms with Gasteiger partial charge in [-0.25, -0.2) is 9.59 Å². The molecule has 0 heterocycles. The van der Waals surface area contributed by atoms with Gasteiger partial charge in [-0.15, -0.1) is 0 Å². The standard InChI is InChI=1S/C6H10O3.C4H8O3.C2H6.2CH4/c1-9-6(5(7)8)3-2-4-6;1-3(7-2)4(5)6;1-2;;/h2-4H2,1H3,(H,7,8);3H,1-2H3,(H,5,6);1-2H3;2*1H4. The molecule has 1 saturated carbocycles. The molecule has 6 heteroatoms. The van der Waals surface area contributed by atoms with Crippen LogP contribution in [0.2, 0.25) is 0 Å². The van der Waals surface area contributed by atoms with E-state index in [-0.39, 0.29) is 14.9 Å². The van der Waals surface area contributed by atoms with Crippen LogP contribution < -0.4 is 0 Å². The Labute approximate surface area is 123 Å². The highest BCUT2D eigenvalue weighted by Crippen LogP contribution is 2.34. The van der Waals surface area contributed by atoms with Crippen LogP contribution in [0.5, 0.6) is 0 Å². The van der Waals surface area contributed by atoms with Gasteiger partial charge in [-0.2, -0.15) is 0 Å². The largest absolute Gasteiger partial charge is 0.479 e. The van der Waals surface area contributed by atoms with Gasteiger partial charge < -0.3 is 19.7 Å². The minimum Gasteiger partial charge on any atom is -0.479 e. The minimum absolute atomic E-state index is 0. The van der Waals surface area contributed by atoms with Crippen LogP contribution >= 0.6 is 0 Å². The summed E-state index contributed by atoms with van der Waals surface area (Å²) in [5, 5.41) is 16.6. The Hall–Kier alpha value is -1.14. The van der Waals surface area contributed by atoms with Crippen molar-refractivity contribution in [3.63, 3.8) is 0 Å². The van der Waals surface area contributed by atoms with Crippen molar-refractivity contribution in [3.05, 3.63) is 0 Å². The summed E-state index contributed by atoms with van der Waals surface area (Å²) in [7, 11) is 2.81. The maximum absolute atomic E-state index is 10.4. The van der Waals surface area contributed by atoms with E-state index in [1.165, 1.54) is 21.1 Å². The molecule has 1 aliphatic rings. The van der Waals surface area contributed by atoms with E-state index >= 15 is 0 Å². The molecular weight excluding hydrogens is 264 g/mol. The van der Waals surface area contributed by atoms with Gasteiger partial charge in [0.25, 0.3) is 0 Å². The third-order valence-electron chi connectivity index (χ3n) is 2.64. The predicted octanol–water partition coefficient (Wildman–Crippen LogP) is 3.04. The van der Waals surface area contributed by atoms with Gasteiger partial charge >= 0.3 is 11.9 Å². The molecule has 0 saturated heterocycles. The Balaban J connectivity index is -0.000000107. The normalized spacial score (nSPS) is 15.2. The van der Waals surface area contributed by atoms with Crippen molar-refractivity contribution in [2.45, 2.75) is 66.6 Å². The molecule has 0 aromatic carbocycles. The zero-order valence-electron chi connectivity index (χ0n) is 11.7. The van der Waals surface area contributed by atoms with Crippen molar-refractivity contribution in [1.82, 2.24) is 0 Å². The molecule has 20 heavy (non-hydrogen) atoms. The first-order valence-electron chi connectivity index (χ1n) is 5.93. The Morgan fingerprint density at radius 1 is 1.10 bits per heavy atom. The van der Waals surface area contributed by atoms with E-state index in [1.807, 2.05) is 13.8 Å². The van der Waals surface area contributed by atoms with Crippen molar-refractivity contribution in [2.75, 3.05) is 14.2 Å². The summed E-state index contributed by atoms with van der Waals surface area (Å²) >= 11 is 0. The maximum atomic E-state index is 10.4. The molecule has 0 aromatic rings. The van der Waals surface area contributed by atoms with Gasteiger partial charge in [-0.1, -0.05) is 28.7 Å². The van der Waals surface area contributed by atoms with Gasteiger partial charge in [0.05, 0.1) is 0 Å². The highest BCUT2D eigenvalue weighted by Gasteiger charge is 2.44. The Kier molecular flexibility index (Phi) is 19.4. The second-order valence-corrected chi connectivity index (χ2v) is 3.57. The number of carboxylic acids is 2. The predicted molar refractivity (Wildman–Crippen MR) is 80.1 cm³/mol. The number of methoxy groups -OCH3 is 2. The van der Waals surface area contributed by atoms with E-state index in [9.17, 15) is 9.59 Å². The van der Waals surface area contributed by atoms with E-state index in [2.05, 4.69) is 4.74 Å². The first kappa shape index (κ1) is 27.2. The first-order chi connectivity index (χ1) is 8.39. The Morgan fingerprint density at radius 3 is 1.50 bits per heavy atom. The first-order valence-corrected chi connectivity index (χ1v) is 5.93. The lowest BCUT2D eigenvalue weighted by Crippen LogP contribution is -2.46. The fourth-order valence-electron chi connectivity index (χ4n) is 1.10. The van der Waals surface area contributed by atoms with Gasteiger partial charge in [-0.05, 0) is 26.2 Å². The minimum atomic E-state index is -0.928. The Morgan fingerprint density at radius 2 is 1.50 bits per heavy atom. The van der Waals surface area contributed by atoms with Gasteiger partial charge in [0.1, 0.15) is 0 Å². The molecule has 2 N–H and O–H groups in total. The van der Waals surface area contributed by atoms with Crippen LogP contribution in [0.25, 0.3) is 0 Å². The van der Waals surface area contributed by atoms with Crippen molar-refractivity contribution in [2.24, 2.45) is 0 Å². The lowest BCUT2D eigenvalue weighted by atomic mass is 9.80. The lowest BCUT2D eigenvalue weighted by Gasteiger charge is -2.35. The van der Waals surface area contributed by atoms with Crippen LogP contribution in [-0.4, -0.2) is 48.1 Å². The van der Waals surface area contributed by atoms with E-state index in [0.717, 1.165) is 6.42 Å². The quantitative estimate of drug-likeness (QED) is 0.828. The number of rotatable bonds is 4. The second-order valence-electron chi connectivity index (χ2n) is 3.57. The summed E-state index contributed by atoms with van der Waals surface area (Å²) in [6, 6.07) is 0. The molecule has 0 spiro atoms. The molecule has 1 rings (SSSR count). The molecule has 1 unspecified atom stereocenters. The van der Waals surface area contributed by atoms with Gasteiger partial charge in [0.2, 0.25) is 0 Å². The van der Waals surface area contributed by atoms with Crippen LogP contribution in [-0.2, 0) is 19.1 Å². The van der Waals surface area contributed by atoms with E-state index in [0.29, 0.717) is 12.8 Å². The number of carboxylic acid groups (broad SMARTS) is 2. The third-order valence-corrected chi connectivity index (χ3v) is 2.64. The molecule has 0 bridgehead atoms. The Bertz CT molecular complexity index is 243. The fraction of sp³-hybridized carbons (Fsp3) is 0.857. The third kappa shape index (κ3) is 8.87. The maximum Gasteiger partial charge on any atom is 0.335 e. The number of hydrogen-bond acceptors (Lipinski definition) is 4. The highest BCUT2D eigenvalue weighted by molar-refractivity contribution is 5.78. The van der Waals surface area contributed by atoms with Crippen molar-refractivity contribution >= 4 is 11.9 Å². The number of carbonyl (C=O) groups is 2. The van der Waals surface area contributed by atoms with E-state index in [4.69, 9.17) is 14.9 Å². The van der Waals surface area contributed by atoms with E-state index < -0.39 is 23.6 Å². The summed E-state index contributed by atoms with van der Waals surface area (Å²) in [6.45, 7) is 5.47. The van der Waals surface area contributed by atoms with Gasteiger partial charge in [-0.3, -0.25) is 0 Å². The van der Waals surface area contributed by atoms with Crippen molar-refractivity contribution < 1.29 is 29.3 Å². The summed E-state index contributed by atoms with van der Waals surface area (Å²) in [6.07, 6.45) is 1.62. The summed E-state index contributed by atoms with van der Waals surface area (Å²) in [5.41, 5.74) is -0.819. The molecular formula is C14H32O6. The zero-order valence-corrected chi connectivity index (χ0v) is 11.7. The molecule has 1 atom stereocenters. The average molecular weight is 296 g/mol. The summed E-state index contributed by atoms with van der Waals surface area (Å²) < 4.78 is 9.25.